The van der Waals surface area contributed by atoms with E-state index in [-0.39, 0.29) is 5.41 Å². The van der Waals surface area contributed by atoms with E-state index in [2.05, 4.69) is 98.8 Å². The SMILES string of the molecule is CC1(C)c2ccccc2Sc2c(-c3nc(-c4ccccc4)c4ccccc4n3)cccc21. The van der Waals surface area contributed by atoms with Crippen molar-refractivity contribution < 1.29 is 0 Å². The van der Waals surface area contributed by atoms with E-state index < -0.39 is 0 Å². The van der Waals surface area contributed by atoms with Crippen molar-refractivity contribution in [3.8, 4) is 22.6 Å². The van der Waals surface area contributed by atoms with Gasteiger partial charge in [0.05, 0.1) is 11.2 Å². The molecule has 3 heteroatoms. The molecule has 0 amide bonds. The van der Waals surface area contributed by atoms with E-state index in [0.29, 0.717) is 0 Å². The molecule has 0 saturated heterocycles. The summed E-state index contributed by atoms with van der Waals surface area (Å²) in [5, 5.41) is 1.07. The zero-order chi connectivity index (χ0) is 21.7. The van der Waals surface area contributed by atoms with Gasteiger partial charge in [-0.1, -0.05) is 111 Å². The van der Waals surface area contributed by atoms with Crippen molar-refractivity contribution in [2.75, 3.05) is 0 Å². The molecular weight excluding hydrogens is 408 g/mol. The summed E-state index contributed by atoms with van der Waals surface area (Å²) in [6, 6.07) is 34.0. The van der Waals surface area contributed by atoms with Crippen molar-refractivity contribution in [2.24, 2.45) is 0 Å². The van der Waals surface area contributed by atoms with Crippen molar-refractivity contribution in [3.05, 3.63) is 108 Å². The summed E-state index contributed by atoms with van der Waals surface area (Å²) in [4.78, 5) is 12.7. The molecule has 0 aliphatic carbocycles. The summed E-state index contributed by atoms with van der Waals surface area (Å²) >= 11 is 1.83. The number of hydrogen-bond acceptors (Lipinski definition) is 3. The maximum atomic E-state index is 5.13. The fourth-order valence-corrected chi connectivity index (χ4v) is 6.16. The average molecular weight is 431 g/mol. The fraction of sp³-hybridized carbons (Fsp3) is 0.103. The topological polar surface area (TPSA) is 25.8 Å². The van der Waals surface area contributed by atoms with Crippen LogP contribution in [0.2, 0.25) is 0 Å². The highest BCUT2D eigenvalue weighted by Gasteiger charge is 2.34. The van der Waals surface area contributed by atoms with Crippen molar-refractivity contribution in [1.29, 1.82) is 0 Å². The van der Waals surface area contributed by atoms with Gasteiger partial charge >= 0.3 is 0 Å². The van der Waals surface area contributed by atoms with Crippen LogP contribution in [-0.2, 0) is 5.41 Å². The lowest BCUT2D eigenvalue weighted by molar-refractivity contribution is 0.608. The molecule has 154 valence electrons. The monoisotopic (exact) mass is 430 g/mol. The number of aromatic nitrogens is 2. The van der Waals surface area contributed by atoms with Gasteiger partial charge in [0, 0.05) is 31.7 Å². The minimum Gasteiger partial charge on any atom is -0.228 e. The van der Waals surface area contributed by atoms with Crippen LogP contribution in [0.4, 0.5) is 0 Å². The minimum absolute atomic E-state index is 0.0771. The third kappa shape index (κ3) is 2.96. The van der Waals surface area contributed by atoms with Crippen molar-refractivity contribution in [3.63, 3.8) is 0 Å². The van der Waals surface area contributed by atoms with Crippen LogP contribution in [0.1, 0.15) is 25.0 Å². The standard InChI is InChI=1S/C29H22N2S/c1-29(2)22-15-7-9-18-25(22)32-27-21(14-10-16-23(27)29)28-30-24-17-8-6-13-20(24)26(31-28)19-11-4-3-5-12-19/h3-18H,1-2H3. The molecule has 0 radical (unpaired) electrons. The lowest BCUT2D eigenvalue weighted by atomic mass is 9.77. The molecule has 0 saturated carbocycles. The number of fused-ring (bicyclic) bond motifs is 3. The second kappa shape index (κ2) is 7.32. The van der Waals surface area contributed by atoms with E-state index in [9.17, 15) is 0 Å². The molecule has 2 nitrogen and oxygen atoms in total. The van der Waals surface area contributed by atoms with Crippen LogP contribution in [0.25, 0.3) is 33.5 Å². The molecule has 0 spiro atoms. The van der Waals surface area contributed by atoms with Crippen LogP contribution in [0.3, 0.4) is 0 Å². The molecule has 1 aliphatic heterocycles. The van der Waals surface area contributed by atoms with Crippen LogP contribution in [0.5, 0.6) is 0 Å². The normalized spacial score (nSPS) is 14.1. The third-order valence-corrected chi connectivity index (χ3v) is 7.57. The van der Waals surface area contributed by atoms with Gasteiger partial charge in [0.2, 0.25) is 0 Å². The number of nitrogens with zero attached hydrogens (tertiary/aromatic N) is 2. The van der Waals surface area contributed by atoms with Gasteiger partial charge in [0.1, 0.15) is 0 Å². The lowest BCUT2D eigenvalue weighted by Crippen LogP contribution is -2.24. The maximum Gasteiger partial charge on any atom is 0.161 e. The maximum absolute atomic E-state index is 5.13. The number of rotatable bonds is 2. The van der Waals surface area contributed by atoms with Crippen molar-refractivity contribution in [1.82, 2.24) is 9.97 Å². The first-order valence-electron chi connectivity index (χ1n) is 10.9. The fourth-order valence-electron chi connectivity index (χ4n) is 4.66. The van der Waals surface area contributed by atoms with E-state index >= 15 is 0 Å². The van der Waals surface area contributed by atoms with Gasteiger partial charge in [-0.3, -0.25) is 0 Å². The number of benzene rings is 4. The first kappa shape index (κ1) is 19.3. The lowest BCUT2D eigenvalue weighted by Gasteiger charge is -2.35. The number of hydrogen-bond donors (Lipinski definition) is 0. The van der Waals surface area contributed by atoms with Gasteiger partial charge in [0.25, 0.3) is 0 Å². The molecule has 0 atom stereocenters. The third-order valence-electron chi connectivity index (χ3n) is 6.35. The van der Waals surface area contributed by atoms with Crippen LogP contribution < -0.4 is 0 Å². The summed E-state index contributed by atoms with van der Waals surface area (Å²) in [5.41, 5.74) is 6.77. The van der Waals surface area contributed by atoms with Gasteiger partial charge in [0.15, 0.2) is 5.82 Å². The predicted octanol–water partition coefficient (Wildman–Crippen LogP) is 7.75. The van der Waals surface area contributed by atoms with Crippen LogP contribution >= 0.6 is 11.8 Å². The predicted molar refractivity (Wildman–Crippen MR) is 133 cm³/mol. The highest BCUT2D eigenvalue weighted by Crippen LogP contribution is 2.51. The second-order valence-corrected chi connectivity index (χ2v) is 9.74. The van der Waals surface area contributed by atoms with E-state index in [1.54, 1.807) is 0 Å². The zero-order valence-electron chi connectivity index (χ0n) is 18.0. The van der Waals surface area contributed by atoms with Crippen LogP contribution in [0, 0.1) is 0 Å². The molecule has 1 aromatic heterocycles. The summed E-state index contributed by atoms with van der Waals surface area (Å²) in [7, 11) is 0. The summed E-state index contributed by atoms with van der Waals surface area (Å²) < 4.78 is 0. The zero-order valence-corrected chi connectivity index (χ0v) is 18.9. The van der Waals surface area contributed by atoms with E-state index in [0.717, 1.165) is 33.5 Å². The Hall–Kier alpha value is -3.43. The van der Waals surface area contributed by atoms with Crippen molar-refractivity contribution >= 4 is 22.7 Å². The molecule has 32 heavy (non-hydrogen) atoms. The Balaban J connectivity index is 1.61. The van der Waals surface area contributed by atoms with Gasteiger partial charge in [-0.05, 0) is 23.3 Å². The molecule has 6 rings (SSSR count). The van der Waals surface area contributed by atoms with Crippen LogP contribution in [-0.4, -0.2) is 9.97 Å². The van der Waals surface area contributed by atoms with Gasteiger partial charge in [-0.2, -0.15) is 0 Å². The molecule has 0 N–H and O–H groups in total. The van der Waals surface area contributed by atoms with Crippen LogP contribution in [0.15, 0.2) is 107 Å². The highest BCUT2D eigenvalue weighted by molar-refractivity contribution is 7.99. The first-order valence-corrected chi connectivity index (χ1v) is 11.7. The van der Waals surface area contributed by atoms with Gasteiger partial charge < -0.3 is 0 Å². The van der Waals surface area contributed by atoms with Gasteiger partial charge in [-0.25, -0.2) is 9.97 Å². The Morgan fingerprint density at radius 1 is 0.656 bits per heavy atom. The Labute approximate surface area is 192 Å². The van der Waals surface area contributed by atoms with Gasteiger partial charge in [-0.15, -0.1) is 0 Å². The summed E-state index contributed by atoms with van der Waals surface area (Å²) in [6.07, 6.45) is 0. The van der Waals surface area contributed by atoms with Crippen molar-refractivity contribution in [2.45, 2.75) is 29.1 Å². The molecule has 1 aliphatic rings. The molecule has 4 aromatic carbocycles. The molecular formula is C29H22N2S. The van der Waals surface area contributed by atoms with E-state index in [1.807, 2.05) is 23.9 Å². The molecule has 5 aromatic rings. The summed E-state index contributed by atoms with van der Waals surface area (Å²) in [5.74, 6) is 0.780. The number of para-hydroxylation sites is 1. The Kier molecular flexibility index (Phi) is 4.41. The minimum atomic E-state index is -0.0771. The first-order chi connectivity index (χ1) is 15.6. The molecule has 2 heterocycles. The largest absolute Gasteiger partial charge is 0.228 e. The summed E-state index contributed by atoms with van der Waals surface area (Å²) in [6.45, 7) is 4.62. The van der Waals surface area contributed by atoms with E-state index in [4.69, 9.17) is 9.97 Å². The quantitative estimate of drug-likeness (QED) is 0.286. The molecule has 0 bridgehead atoms. The molecule has 0 unspecified atom stereocenters. The molecule has 0 fully saturated rings. The second-order valence-electron chi connectivity index (χ2n) is 8.68. The highest BCUT2D eigenvalue weighted by atomic mass is 32.2. The average Bonchev–Trinajstić information content (AvgIpc) is 2.84. The van der Waals surface area contributed by atoms with E-state index in [1.165, 1.54) is 20.9 Å². The smallest absolute Gasteiger partial charge is 0.161 e. The Bertz CT molecular complexity index is 1470. The Morgan fingerprint density at radius 2 is 1.38 bits per heavy atom. The Morgan fingerprint density at radius 3 is 2.25 bits per heavy atom.